The van der Waals surface area contributed by atoms with Crippen molar-refractivity contribution in [1.82, 2.24) is 5.32 Å². The summed E-state index contributed by atoms with van der Waals surface area (Å²) in [4.78, 5) is 36.5. The number of nitrogens with one attached hydrogen (secondary N) is 2. The van der Waals surface area contributed by atoms with Gasteiger partial charge in [0.05, 0.1) is 17.4 Å². The molecule has 1 heterocycles. The zero-order chi connectivity index (χ0) is 17.5. The Morgan fingerprint density at radius 2 is 2.12 bits per heavy atom. The third-order valence-corrected chi connectivity index (χ3v) is 4.83. The van der Waals surface area contributed by atoms with Crippen molar-refractivity contribution in [2.45, 2.75) is 49.3 Å². The summed E-state index contributed by atoms with van der Waals surface area (Å²) >= 11 is 1.33. The topological polar surface area (TPSA) is 84.5 Å². The van der Waals surface area contributed by atoms with Gasteiger partial charge in [0.1, 0.15) is 0 Å². The van der Waals surface area contributed by atoms with Crippen LogP contribution < -0.4 is 10.6 Å². The van der Waals surface area contributed by atoms with Crippen molar-refractivity contribution in [2.24, 2.45) is 0 Å². The van der Waals surface area contributed by atoms with E-state index in [0.717, 1.165) is 23.4 Å². The largest absolute Gasteiger partial charge is 0.456 e. The van der Waals surface area contributed by atoms with E-state index in [0.29, 0.717) is 0 Å². The van der Waals surface area contributed by atoms with Crippen LogP contribution in [-0.2, 0) is 19.1 Å². The number of carbonyl (C=O) groups is 3. The molecule has 0 bridgehead atoms. The zero-order valence-electron chi connectivity index (χ0n) is 13.8. The average Bonchev–Trinajstić information content (AvgIpc) is 2.54. The lowest BCUT2D eigenvalue weighted by Crippen LogP contribution is -2.36. The first-order valence-electron chi connectivity index (χ1n) is 8.01. The number of thioether (sulfide) groups is 1. The van der Waals surface area contributed by atoms with E-state index in [-0.39, 0.29) is 30.9 Å². The lowest BCUT2D eigenvalue weighted by atomic mass is 10.2. The van der Waals surface area contributed by atoms with E-state index >= 15 is 0 Å². The molecule has 2 amide bonds. The molecule has 0 fully saturated rings. The number of ether oxygens (including phenoxy) is 1. The molecule has 7 heteroatoms. The molecule has 0 saturated carbocycles. The van der Waals surface area contributed by atoms with Gasteiger partial charge < -0.3 is 15.4 Å². The summed E-state index contributed by atoms with van der Waals surface area (Å²) in [5.41, 5.74) is 0.751. The summed E-state index contributed by atoms with van der Waals surface area (Å²) in [6, 6.07) is 7.47. The van der Waals surface area contributed by atoms with E-state index in [1.807, 2.05) is 38.1 Å². The van der Waals surface area contributed by atoms with Crippen molar-refractivity contribution in [3.63, 3.8) is 0 Å². The standard InChI is InChI=1S/C17H22N2O4S/c1-3-6-11(2)18-15(20)10-23-16(21)9-14-17(22)19-12-7-4-5-8-13(12)24-14/h4-5,7-8,11,14H,3,6,9-10H2,1-2H3,(H,18,20)(H,19,22)/t11-,14+/m0/s1. The quantitative estimate of drug-likeness (QED) is 0.738. The number of benzene rings is 1. The van der Waals surface area contributed by atoms with Gasteiger partial charge >= 0.3 is 5.97 Å². The number of carbonyl (C=O) groups excluding carboxylic acids is 3. The molecule has 2 rings (SSSR count). The van der Waals surface area contributed by atoms with Gasteiger partial charge in [0.2, 0.25) is 5.91 Å². The van der Waals surface area contributed by atoms with Crippen LogP contribution in [0, 0.1) is 0 Å². The number of para-hydroxylation sites is 1. The predicted octanol–water partition coefficient (Wildman–Crippen LogP) is 2.34. The summed E-state index contributed by atoms with van der Waals surface area (Å²) in [5, 5.41) is 4.99. The van der Waals surface area contributed by atoms with E-state index in [9.17, 15) is 14.4 Å². The highest BCUT2D eigenvalue weighted by Gasteiger charge is 2.29. The number of amides is 2. The number of anilines is 1. The van der Waals surface area contributed by atoms with Crippen molar-refractivity contribution in [3.8, 4) is 0 Å². The molecule has 1 aliphatic rings. The molecule has 2 N–H and O–H groups in total. The maximum absolute atomic E-state index is 12.0. The minimum Gasteiger partial charge on any atom is -0.456 e. The van der Waals surface area contributed by atoms with Crippen molar-refractivity contribution in [3.05, 3.63) is 24.3 Å². The van der Waals surface area contributed by atoms with E-state index in [1.54, 1.807) is 0 Å². The Bertz CT molecular complexity index is 620. The van der Waals surface area contributed by atoms with Gasteiger partial charge in [0.15, 0.2) is 6.61 Å². The van der Waals surface area contributed by atoms with Crippen molar-refractivity contribution in [2.75, 3.05) is 11.9 Å². The van der Waals surface area contributed by atoms with Gasteiger partial charge in [-0.2, -0.15) is 0 Å². The fraction of sp³-hybridized carbons (Fsp3) is 0.471. The Hall–Kier alpha value is -2.02. The number of esters is 1. The molecule has 1 aromatic carbocycles. The molecule has 1 aromatic rings. The number of fused-ring (bicyclic) bond motifs is 1. The van der Waals surface area contributed by atoms with Crippen LogP contribution in [0.5, 0.6) is 0 Å². The second-order valence-corrected chi connectivity index (χ2v) is 6.96. The van der Waals surface area contributed by atoms with Gasteiger partial charge in [-0.15, -0.1) is 11.8 Å². The molecule has 0 aliphatic carbocycles. The maximum Gasteiger partial charge on any atom is 0.307 e. The number of hydrogen-bond donors (Lipinski definition) is 2. The van der Waals surface area contributed by atoms with Crippen LogP contribution in [0.3, 0.4) is 0 Å². The van der Waals surface area contributed by atoms with E-state index in [1.165, 1.54) is 11.8 Å². The van der Waals surface area contributed by atoms with Gasteiger partial charge in [-0.3, -0.25) is 14.4 Å². The minimum absolute atomic E-state index is 0.0531. The van der Waals surface area contributed by atoms with Crippen LogP contribution in [-0.4, -0.2) is 35.7 Å². The molecule has 6 nitrogen and oxygen atoms in total. The molecular formula is C17H22N2O4S. The third-order valence-electron chi connectivity index (χ3n) is 3.55. The Balaban J connectivity index is 1.78. The summed E-state index contributed by atoms with van der Waals surface area (Å²) in [5.74, 6) is -1.10. The second kappa shape index (κ2) is 8.73. The lowest BCUT2D eigenvalue weighted by Gasteiger charge is -2.23. The SMILES string of the molecule is CCC[C@H](C)NC(=O)COC(=O)C[C@H]1Sc2ccccc2NC1=O. The summed E-state index contributed by atoms with van der Waals surface area (Å²) in [6.07, 6.45) is 1.78. The first-order valence-corrected chi connectivity index (χ1v) is 8.89. The fourth-order valence-electron chi connectivity index (χ4n) is 2.41. The molecule has 1 aliphatic heterocycles. The highest BCUT2D eigenvalue weighted by atomic mass is 32.2. The first-order chi connectivity index (χ1) is 11.5. The molecule has 130 valence electrons. The Labute approximate surface area is 145 Å². The predicted molar refractivity (Wildman–Crippen MR) is 92.8 cm³/mol. The monoisotopic (exact) mass is 350 g/mol. The Morgan fingerprint density at radius 3 is 2.88 bits per heavy atom. The second-order valence-electron chi connectivity index (χ2n) is 5.71. The molecule has 24 heavy (non-hydrogen) atoms. The Morgan fingerprint density at radius 1 is 1.38 bits per heavy atom. The molecule has 0 aromatic heterocycles. The van der Waals surface area contributed by atoms with Crippen LogP contribution in [0.4, 0.5) is 5.69 Å². The van der Waals surface area contributed by atoms with Crippen LogP contribution in [0.15, 0.2) is 29.2 Å². The van der Waals surface area contributed by atoms with Crippen molar-refractivity contribution < 1.29 is 19.1 Å². The van der Waals surface area contributed by atoms with E-state index in [2.05, 4.69) is 10.6 Å². The highest BCUT2D eigenvalue weighted by molar-refractivity contribution is 8.01. The van der Waals surface area contributed by atoms with Gasteiger partial charge in [-0.05, 0) is 25.5 Å². The van der Waals surface area contributed by atoms with Gasteiger partial charge in [0, 0.05) is 10.9 Å². The number of hydrogen-bond acceptors (Lipinski definition) is 5. The first kappa shape index (κ1) is 18.3. The number of rotatable bonds is 7. The zero-order valence-corrected chi connectivity index (χ0v) is 14.7. The average molecular weight is 350 g/mol. The van der Waals surface area contributed by atoms with Gasteiger partial charge in [-0.1, -0.05) is 25.5 Å². The third kappa shape index (κ3) is 5.26. The minimum atomic E-state index is -0.555. The molecule has 2 atom stereocenters. The van der Waals surface area contributed by atoms with Gasteiger partial charge in [-0.25, -0.2) is 0 Å². The highest BCUT2D eigenvalue weighted by Crippen LogP contribution is 2.36. The molecular weight excluding hydrogens is 328 g/mol. The normalized spacial score (nSPS) is 17.4. The summed E-state index contributed by atoms with van der Waals surface area (Å²) in [7, 11) is 0. The van der Waals surface area contributed by atoms with Crippen molar-refractivity contribution >= 4 is 35.2 Å². The van der Waals surface area contributed by atoms with Crippen LogP contribution in [0.25, 0.3) is 0 Å². The van der Waals surface area contributed by atoms with Gasteiger partial charge in [0.25, 0.3) is 5.91 Å². The summed E-state index contributed by atoms with van der Waals surface area (Å²) in [6.45, 7) is 3.62. The van der Waals surface area contributed by atoms with E-state index < -0.39 is 11.2 Å². The maximum atomic E-state index is 12.0. The van der Waals surface area contributed by atoms with Crippen LogP contribution in [0.2, 0.25) is 0 Å². The smallest absolute Gasteiger partial charge is 0.307 e. The van der Waals surface area contributed by atoms with Crippen LogP contribution in [0.1, 0.15) is 33.1 Å². The molecule has 0 spiro atoms. The molecule has 0 radical (unpaired) electrons. The summed E-state index contributed by atoms with van der Waals surface area (Å²) < 4.78 is 4.98. The van der Waals surface area contributed by atoms with Crippen molar-refractivity contribution in [1.29, 1.82) is 0 Å². The van der Waals surface area contributed by atoms with E-state index in [4.69, 9.17) is 4.74 Å². The Kier molecular flexibility index (Phi) is 6.66. The molecule has 0 unspecified atom stereocenters. The van der Waals surface area contributed by atoms with Crippen LogP contribution >= 0.6 is 11.8 Å². The fourth-order valence-corrected chi connectivity index (χ4v) is 3.50. The lowest BCUT2D eigenvalue weighted by molar-refractivity contribution is -0.149. The molecule has 0 saturated heterocycles.